The lowest BCUT2D eigenvalue weighted by molar-refractivity contribution is 0.00578. The van der Waals surface area contributed by atoms with Gasteiger partial charge < -0.3 is 9.31 Å². The highest BCUT2D eigenvalue weighted by Gasteiger charge is 2.52. The van der Waals surface area contributed by atoms with Crippen molar-refractivity contribution in [3.8, 4) is 0 Å². The average Bonchev–Trinajstić information content (AvgIpc) is 2.53. The molecule has 2 nitrogen and oxygen atoms in total. The van der Waals surface area contributed by atoms with E-state index in [1.165, 1.54) is 5.57 Å². The average molecular weight is 416 g/mol. The van der Waals surface area contributed by atoms with Crippen molar-refractivity contribution in [3.05, 3.63) is 9.95 Å². The van der Waals surface area contributed by atoms with E-state index in [0.29, 0.717) is 5.88 Å². The van der Waals surface area contributed by atoms with Gasteiger partial charge in [0, 0.05) is 15.6 Å². The first-order valence-corrected chi connectivity index (χ1v) is 9.05. The lowest BCUT2D eigenvalue weighted by Crippen LogP contribution is -2.41. The molecule has 0 atom stereocenters. The van der Waals surface area contributed by atoms with Crippen molar-refractivity contribution in [1.29, 1.82) is 0 Å². The van der Waals surface area contributed by atoms with E-state index in [0.717, 1.165) is 29.0 Å². The van der Waals surface area contributed by atoms with Crippen LogP contribution in [0.4, 0.5) is 0 Å². The zero-order valence-electron chi connectivity index (χ0n) is 12.1. The van der Waals surface area contributed by atoms with Crippen LogP contribution < -0.4 is 0 Å². The quantitative estimate of drug-likeness (QED) is 0.445. The van der Waals surface area contributed by atoms with Crippen LogP contribution >= 0.6 is 43.5 Å². The van der Waals surface area contributed by atoms with Crippen LogP contribution in [0.3, 0.4) is 0 Å². The molecule has 1 saturated heterocycles. The molecule has 0 bridgehead atoms. The summed E-state index contributed by atoms with van der Waals surface area (Å²) in [6.07, 6.45) is 2.92. The van der Waals surface area contributed by atoms with Gasteiger partial charge in [0.25, 0.3) is 0 Å². The molecule has 0 saturated carbocycles. The van der Waals surface area contributed by atoms with Gasteiger partial charge >= 0.3 is 7.12 Å². The highest BCUT2D eigenvalue weighted by atomic mass is 79.9. The Kier molecular flexibility index (Phi) is 6.93. The van der Waals surface area contributed by atoms with Gasteiger partial charge in [-0.05, 0) is 47.0 Å². The Bertz CT molecular complexity index is 330. The maximum Gasteiger partial charge on any atom is 0.502 e. The number of hydrogen-bond donors (Lipinski definition) is 0. The highest BCUT2D eigenvalue weighted by Crippen LogP contribution is 2.41. The minimum absolute atomic E-state index is 0.303. The summed E-state index contributed by atoms with van der Waals surface area (Å²) in [5.41, 5.74) is 0.710. The lowest BCUT2D eigenvalue weighted by Gasteiger charge is -2.32. The molecule has 0 unspecified atom stereocenters. The molecule has 1 rings (SSSR count). The molecule has 1 aliphatic heterocycles. The molecule has 1 heterocycles. The predicted octanol–water partition coefficient (Wildman–Crippen LogP) is 5.07. The summed E-state index contributed by atoms with van der Waals surface area (Å²) in [5.74, 6) is 0.676. The Labute approximate surface area is 139 Å². The summed E-state index contributed by atoms with van der Waals surface area (Å²) < 4.78 is 13.1. The van der Waals surface area contributed by atoms with Gasteiger partial charge in [-0.1, -0.05) is 37.4 Å². The van der Waals surface area contributed by atoms with Crippen LogP contribution in [0, 0.1) is 0 Å². The predicted molar refractivity (Wildman–Crippen MR) is 90.4 cm³/mol. The Morgan fingerprint density at radius 2 is 1.63 bits per heavy atom. The molecule has 1 aliphatic rings. The first-order valence-electron chi connectivity index (χ1n) is 6.60. The van der Waals surface area contributed by atoms with E-state index < -0.39 is 0 Å². The minimum atomic E-state index is -0.311. The molecule has 0 aliphatic carbocycles. The zero-order valence-corrected chi connectivity index (χ0v) is 16.0. The molecule has 0 aromatic rings. The Morgan fingerprint density at radius 3 is 2.05 bits per heavy atom. The normalized spacial score (nSPS) is 22.6. The number of allylic oxidation sites excluding steroid dienone is 1. The van der Waals surface area contributed by atoms with Gasteiger partial charge in [-0.25, -0.2) is 0 Å². The summed E-state index contributed by atoms with van der Waals surface area (Å²) >= 11 is 13.0. The number of rotatable bonds is 6. The summed E-state index contributed by atoms with van der Waals surface area (Å²) in [7, 11) is -0.311. The second-order valence-corrected chi connectivity index (χ2v) is 7.80. The summed E-state index contributed by atoms with van der Waals surface area (Å²) in [6, 6.07) is 0. The third-order valence-corrected chi connectivity index (χ3v) is 5.40. The van der Waals surface area contributed by atoms with Gasteiger partial charge in [0.2, 0.25) is 0 Å². The molecule has 19 heavy (non-hydrogen) atoms. The topological polar surface area (TPSA) is 18.5 Å². The molecular weight excluding hydrogens is 394 g/mol. The van der Waals surface area contributed by atoms with Gasteiger partial charge in [-0.15, -0.1) is 11.6 Å². The Morgan fingerprint density at radius 1 is 1.11 bits per heavy atom. The van der Waals surface area contributed by atoms with E-state index in [1.807, 2.05) is 0 Å². The Hall–Kier alpha value is 0.975. The van der Waals surface area contributed by atoms with E-state index in [2.05, 4.69) is 59.6 Å². The third kappa shape index (κ3) is 4.47. The van der Waals surface area contributed by atoms with Crippen molar-refractivity contribution in [2.24, 2.45) is 0 Å². The van der Waals surface area contributed by atoms with Crippen molar-refractivity contribution in [3.63, 3.8) is 0 Å². The van der Waals surface area contributed by atoms with Gasteiger partial charge in [0.1, 0.15) is 0 Å². The summed E-state index contributed by atoms with van der Waals surface area (Å²) in [5, 5.41) is 0.930. The van der Waals surface area contributed by atoms with E-state index in [-0.39, 0.29) is 18.3 Å². The maximum absolute atomic E-state index is 6.06. The fraction of sp³-hybridized carbons (Fsp3) is 0.846. The smallest absolute Gasteiger partial charge is 0.399 e. The minimum Gasteiger partial charge on any atom is -0.399 e. The molecule has 0 amide bonds. The molecule has 0 spiro atoms. The second kappa shape index (κ2) is 7.30. The van der Waals surface area contributed by atoms with Gasteiger partial charge in [-0.3, -0.25) is 0 Å². The van der Waals surface area contributed by atoms with Crippen molar-refractivity contribution < 1.29 is 9.31 Å². The zero-order chi connectivity index (χ0) is 14.7. The van der Waals surface area contributed by atoms with Crippen LogP contribution in [0.25, 0.3) is 0 Å². The van der Waals surface area contributed by atoms with Crippen molar-refractivity contribution in [2.75, 3.05) is 11.2 Å². The molecule has 110 valence electrons. The maximum atomic E-state index is 6.06. The Balaban J connectivity index is 2.87. The van der Waals surface area contributed by atoms with Crippen LogP contribution in [0.2, 0.25) is 0 Å². The van der Waals surface area contributed by atoms with E-state index in [4.69, 9.17) is 20.9 Å². The third-order valence-electron chi connectivity index (χ3n) is 3.81. The molecule has 0 radical (unpaired) electrons. The molecule has 1 fully saturated rings. The molecule has 6 heteroatoms. The van der Waals surface area contributed by atoms with Crippen LogP contribution in [0.5, 0.6) is 0 Å². The molecule has 0 aromatic heterocycles. The number of hydrogen-bond acceptors (Lipinski definition) is 2. The van der Waals surface area contributed by atoms with Crippen molar-refractivity contribution in [1.82, 2.24) is 0 Å². The van der Waals surface area contributed by atoms with Crippen LogP contribution in [0.15, 0.2) is 9.95 Å². The highest BCUT2D eigenvalue weighted by molar-refractivity contribution is 9.12. The standard InChI is InChI=1S/C13H22BBr2ClO2/c1-12(2)13(3,4)19-14(18-12)11(16)10(7-8-15)6-5-9-17/h5-9H2,1-4H3/b11-10-. The first-order chi connectivity index (χ1) is 8.75. The van der Waals surface area contributed by atoms with Crippen molar-refractivity contribution >= 4 is 50.6 Å². The molecule has 0 N–H and O–H groups in total. The van der Waals surface area contributed by atoms with E-state index in [1.54, 1.807) is 0 Å². The number of alkyl halides is 2. The second-order valence-electron chi connectivity index (χ2n) is 5.77. The molecule has 0 aromatic carbocycles. The van der Waals surface area contributed by atoms with E-state index >= 15 is 0 Å². The van der Waals surface area contributed by atoms with Gasteiger partial charge in [0.05, 0.1) is 11.2 Å². The summed E-state index contributed by atoms with van der Waals surface area (Å²) in [6.45, 7) is 8.26. The van der Waals surface area contributed by atoms with Crippen LogP contribution in [-0.4, -0.2) is 29.5 Å². The van der Waals surface area contributed by atoms with Crippen LogP contribution in [0.1, 0.15) is 47.0 Å². The van der Waals surface area contributed by atoms with Gasteiger partial charge in [0.15, 0.2) is 0 Å². The SMILES string of the molecule is CC1(C)OB(/C(Br)=C(/CCBr)CCCCl)OC1(C)C. The largest absolute Gasteiger partial charge is 0.502 e. The van der Waals surface area contributed by atoms with E-state index in [9.17, 15) is 0 Å². The van der Waals surface area contributed by atoms with Gasteiger partial charge in [-0.2, -0.15) is 0 Å². The first kappa shape index (κ1) is 18.0. The van der Waals surface area contributed by atoms with Crippen molar-refractivity contribution in [2.45, 2.75) is 58.2 Å². The fourth-order valence-electron chi connectivity index (χ4n) is 1.87. The van der Waals surface area contributed by atoms with Crippen LogP contribution in [-0.2, 0) is 9.31 Å². The monoisotopic (exact) mass is 414 g/mol. The lowest BCUT2D eigenvalue weighted by atomic mass is 9.85. The molecular formula is C13H22BBr2ClO2. The summed E-state index contributed by atoms with van der Waals surface area (Å²) in [4.78, 5) is 0. The number of halogens is 3. The fourth-order valence-corrected chi connectivity index (χ4v) is 3.07.